The number of nitrogens with one attached hydrogen (secondary N) is 2. The first-order chi connectivity index (χ1) is 6.33. The lowest BCUT2D eigenvalue weighted by molar-refractivity contribution is -0.121. The number of amides is 1. The van der Waals surface area contributed by atoms with E-state index < -0.39 is 0 Å². The highest BCUT2D eigenvalue weighted by Gasteiger charge is 2.11. The van der Waals surface area contributed by atoms with E-state index in [1.54, 1.807) is 0 Å². The number of hydrogen-bond donors (Lipinski definition) is 2. The van der Waals surface area contributed by atoms with Crippen molar-refractivity contribution < 1.29 is 4.79 Å². The lowest BCUT2D eigenvalue weighted by atomic mass is 10.1. The third-order valence-corrected chi connectivity index (χ3v) is 2.48. The minimum Gasteiger partial charge on any atom is -0.352 e. The van der Waals surface area contributed by atoms with E-state index in [9.17, 15) is 4.79 Å². The Morgan fingerprint density at radius 3 is 3.08 bits per heavy atom. The Morgan fingerprint density at radius 1 is 1.46 bits per heavy atom. The molecule has 76 valence electrons. The van der Waals surface area contributed by atoms with Crippen LogP contribution in [0, 0.1) is 0 Å². The van der Waals surface area contributed by atoms with Crippen LogP contribution in [0.15, 0.2) is 0 Å². The standard InChI is InChI=1S/C10H20N2O/c1-2-10(13)12-9-6-4-3-5-7-11-8-9/h9,11H,2-8H2,1H3,(H,12,13)/t9-/m1/s1. The average molecular weight is 184 g/mol. The van der Waals surface area contributed by atoms with Crippen molar-refractivity contribution in [3.63, 3.8) is 0 Å². The van der Waals surface area contributed by atoms with Crippen LogP contribution < -0.4 is 10.6 Å². The molecule has 0 unspecified atom stereocenters. The van der Waals surface area contributed by atoms with Gasteiger partial charge in [0.1, 0.15) is 0 Å². The Hall–Kier alpha value is -0.570. The van der Waals surface area contributed by atoms with Crippen molar-refractivity contribution in [2.45, 2.75) is 45.1 Å². The third kappa shape index (κ3) is 4.27. The van der Waals surface area contributed by atoms with Gasteiger partial charge in [0.15, 0.2) is 0 Å². The SMILES string of the molecule is CCC(=O)N[C@@H]1CCCCCNC1. The van der Waals surface area contributed by atoms with Gasteiger partial charge in [0.05, 0.1) is 0 Å². The first-order valence-corrected chi connectivity index (χ1v) is 5.33. The Balaban J connectivity index is 2.25. The summed E-state index contributed by atoms with van der Waals surface area (Å²) in [4.78, 5) is 11.1. The zero-order valence-electron chi connectivity index (χ0n) is 8.44. The first-order valence-electron chi connectivity index (χ1n) is 5.33. The fourth-order valence-corrected chi connectivity index (χ4v) is 1.65. The van der Waals surface area contributed by atoms with Crippen LogP contribution >= 0.6 is 0 Å². The van der Waals surface area contributed by atoms with E-state index >= 15 is 0 Å². The van der Waals surface area contributed by atoms with E-state index in [1.807, 2.05) is 6.92 Å². The van der Waals surface area contributed by atoms with Crippen LogP contribution in [0.5, 0.6) is 0 Å². The molecule has 1 saturated heterocycles. The summed E-state index contributed by atoms with van der Waals surface area (Å²) in [6.07, 6.45) is 5.52. The Labute approximate surface area is 80.3 Å². The maximum absolute atomic E-state index is 11.1. The number of hydrogen-bond acceptors (Lipinski definition) is 2. The summed E-state index contributed by atoms with van der Waals surface area (Å²) in [7, 11) is 0. The molecule has 3 heteroatoms. The molecule has 1 rings (SSSR count). The Morgan fingerprint density at radius 2 is 2.31 bits per heavy atom. The third-order valence-electron chi connectivity index (χ3n) is 2.48. The summed E-state index contributed by atoms with van der Waals surface area (Å²) in [5, 5.41) is 6.39. The van der Waals surface area contributed by atoms with Crippen molar-refractivity contribution in [1.29, 1.82) is 0 Å². The average Bonchev–Trinajstić information content (AvgIpc) is 2.09. The van der Waals surface area contributed by atoms with Crippen LogP contribution in [0.2, 0.25) is 0 Å². The molecule has 1 fully saturated rings. The minimum absolute atomic E-state index is 0.173. The maximum atomic E-state index is 11.1. The van der Waals surface area contributed by atoms with E-state index in [2.05, 4.69) is 10.6 Å². The van der Waals surface area contributed by atoms with Gasteiger partial charge in [-0.3, -0.25) is 4.79 Å². The molecule has 13 heavy (non-hydrogen) atoms. The largest absolute Gasteiger partial charge is 0.352 e. The summed E-state index contributed by atoms with van der Waals surface area (Å²) in [5.41, 5.74) is 0. The van der Waals surface area contributed by atoms with Crippen LogP contribution in [0.25, 0.3) is 0 Å². The van der Waals surface area contributed by atoms with E-state index in [1.165, 1.54) is 19.3 Å². The van der Waals surface area contributed by atoms with E-state index in [4.69, 9.17) is 0 Å². The normalized spacial score (nSPS) is 24.5. The molecule has 3 nitrogen and oxygen atoms in total. The molecule has 0 aliphatic carbocycles. The van der Waals surface area contributed by atoms with Gasteiger partial charge in [-0.15, -0.1) is 0 Å². The van der Waals surface area contributed by atoms with Crippen LogP contribution in [0.3, 0.4) is 0 Å². The zero-order chi connectivity index (χ0) is 9.52. The van der Waals surface area contributed by atoms with Crippen LogP contribution in [0.1, 0.15) is 39.0 Å². The van der Waals surface area contributed by atoms with Crippen LogP contribution in [-0.4, -0.2) is 25.0 Å². The number of carbonyl (C=O) groups excluding carboxylic acids is 1. The molecule has 0 spiro atoms. The quantitative estimate of drug-likeness (QED) is 0.673. The lowest BCUT2D eigenvalue weighted by Crippen LogP contribution is -2.42. The number of carbonyl (C=O) groups is 1. The van der Waals surface area contributed by atoms with Gasteiger partial charge in [0.25, 0.3) is 0 Å². The molecule has 0 radical (unpaired) electrons. The topological polar surface area (TPSA) is 41.1 Å². The molecule has 0 bridgehead atoms. The predicted molar refractivity (Wildman–Crippen MR) is 53.6 cm³/mol. The Bertz CT molecular complexity index is 151. The summed E-state index contributed by atoms with van der Waals surface area (Å²) in [5.74, 6) is 0.173. The summed E-state index contributed by atoms with van der Waals surface area (Å²) in [6.45, 7) is 3.93. The zero-order valence-corrected chi connectivity index (χ0v) is 8.44. The monoisotopic (exact) mass is 184 g/mol. The highest BCUT2D eigenvalue weighted by Crippen LogP contribution is 2.06. The van der Waals surface area contributed by atoms with E-state index in [-0.39, 0.29) is 5.91 Å². The highest BCUT2D eigenvalue weighted by atomic mass is 16.1. The molecule has 1 amide bonds. The molecule has 0 aromatic carbocycles. The second-order valence-corrected chi connectivity index (χ2v) is 3.67. The molecular formula is C10H20N2O. The van der Waals surface area contributed by atoms with Gasteiger partial charge >= 0.3 is 0 Å². The fraction of sp³-hybridized carbons (Fsp3) is 0.900. The van der Waals surface area contributed by atoms with Gasteiger partial charge in [0.2, 0.25) is 5.91 Å². The van der Waals surface area contributed by atoms with Gasteiger partial charge in [0, 0.05) is 19.0 Å². The van der Waals surface area contributed by atoms with Gasteiger partial charge < -0.3 is 10.6 Å². The van der Waals surface area contributed by atoms with Gasteiger partial charge in [-0.25, -0.2) is 0 Å². The predicted octanol–water partition coefficient (Wildman–Crippen LogP) is 1.04. The number of rotatable bonds is 2. The molecular weight excluding hydrogens is 164 g/mol. The Kier molecular flexibility index (Phi) is 4.83. The van der Waals surface area contributed by atoms with Crippen molar-refractivity contribution >= 4 is 5.91 Å². The molecule has 0 saturated carbocycles. The van der Waals surface area contributed by atoms with Crippen LogP contribution in [0.4, 0.5) is 0 Å². The van der Waals surface area contributed by atoms with E-state index in [0.29, 0.717) is 12.5 Å². The van der Waals surface area contributed by atoms with Crippen molar-refractivity contribution in [3.8, 4) is 0 Å². The summed E-state index contributed by atoms with van der Waals surface area (Å²) >= 11 is 0. The van der Waals surface area contributed by atoms with Gasteiger partial charge in [-0.05, 0) is 19.4 Å². The summed E-state index contributed by atoms with van der Waals surface area (Å²) in [6, 6.07) is 0.354. The molecule has 1 aliphatic heterocycles. The van der Waals surface area contributed by atoms with Crippen molar-refractivity contribution in [2.24, 2.45) is 0 Å². The molecule has 0 aromatic rings. The minimum atomic E-state index is 0.173. The van der Waals surface area contributed by atoms with Crippen LogP contribution in [-0.2, 0) is 4.79 Å². The maximum Gasteiger partial charge on any atom is 0.219 e. The first kappa shape index (κ1) is 10.5. The molecule has 1 aliphatic rings. The second-order valence-electron chi connectivity index (χ2n) is 3.67. The fourth-order valence-electron chi connectivity index (χ4n) is 1.65. The second kappa shape index (κ2) is 5.97. The molecule has 2 N–H and O–H groups in total. The van der Waals surface area contributed by atoms with Crippen molar-refractivity contribution in [2.75, 3.05) is 13.1 Å². The van der Waals surface area contributed by atoms with Crippen molar-refractivity contribution in [1.82, 2.24) is 10.6 Å². The molecule has 0 aromatic heterocycles. The lowest BCUT2D eigenvalue weighted by Gasteiger charge is -2.21. The molecule has 1 heterocycles. The van der Waals surface area contributed by atoms with Gasteiger partial charge in [-0.2, -0.15) is 0 Å². The van der Waals surface area contributed by atoms with E-state index in [0.717, 1.165) is 19.5 Å². The summed E-state index contributed by atoms with van der Waals surface area (Å²) < 4.78 is 0. The van der Waals surface area contributed by atoms with Crippen molar-refractivity contribution in [3.05, 3.63) is 0 Å². The van der Waals surface area contributed by atoms with Gasteiger partial charge in [-0.1, -0.05) is 19.8 Å². The smallest absolute Gasteiger partial charge is 0.219 e. The molecule has 1 atom stereocenters. The highest BCUT2D eigenvalue weighted by molar-refractivity contribution is 5.75.